The number of likely N-dealkylation sites (N-methyl/N-ethyl adjacent to an activating group) is 1. The molecule has 3 N–H and O–H groups in total. The van der Waals surface area contributed by atoms with Crippen LogP contribution in [0.2, 0.25) is 0 Å². The first-order valence-electron chi connectivity index (χ1n) is 7.36. The van der Waals surface area contributed by atoms with Crippen molar-refractivity contribution in [3.05, 3.63) is 29.6 Å². The number of hydrogen-bond donors (Lipinski definition) is 3. The van der Waals surface area contributed by atoms with Crippen LogP contribution in [0.1, 0.15) is 5.56 Å². The van der Waals surface area contributed by atoms with Gasteiger partial charge in [0.1, 0.15) is 5.82 Å². The lowest BCUT2D eigenvalue weighted by Crippen LogP contribution is -3.15. The van der Waals surface area contributed by atoms with Crippen LogP contribution in [0, 0.1) is 12.7 Å². The SMILES string of the molecule is CNC(=O)C[NH+]1CCN(C(=S)Nc2ccc(C)c(F)c2)CC1. The number of anilines is 1. The highest BCUT2D eigenvalue weighted by molar-refractivity contribution is 7.80. The molecule has 2 rings (SSSR count). The summed E-state index contributed by atoms with van der Waals surface area (Å²) in [5.41, 5.74) is 1.27. The van der Waals surface area contributed by atoms with Crippen molar-refractivity contribution in [2.24, 2.45) is 0 Å². The van der Waals surface area contributed by atoms with Gasteiger partial charge in [-0.3, -0.25) is 4.79 Å². The van der Waals surface area contributed by atoms with Gasteiger partial charge in [0, 0.05) is 12.7 Å². The smallest absolute Gasteiger partial charge is 0.274 e. The number of quaternary nitrogens is 1. The molecule has 1 amide bonds. The zero-order chi connectivity index (χ0) is 16.1. The molecule has 1 saturated heterocycles. The standard InChI is InChI=1S/C15H21FN4OS/c1-11-3-4-12(9-13(11)16)18-15(22)20-7-5-19(6-8-20)10-14(21)17-2/h3-4,9H,5-8,10H2,1-2H3,(H,17,21)(H,18,22)/p+1. The number of amides is 1. The summed E-state index contributed by atoms with van der Waals surface area (Å²) >= 11 is 5.39. The van der Waals surface area contributed by atoms with Gasteiger partial charge in [-0.25, -0.2) is 4.39 Å². The van der Waals surface area contributed by atoms with Crippen LogP contribution in [0.5, 0.6) is 0 Å². The van der Waals surface area contributed by atoms with Crippen molar-refractivity contribution in [1.82, 2.24) is 10.2 Å². The normalized spacial score (nSPS) is 15.5. The van der Waals surface area contributed by atoms with E-state index in [4.69, 9.17) is 12.2 Å². The average molecular weight is 325 g/mol. The van der Waals surface area contributed by atoms with Gasteiger partial charge in [-0.15, -0.1) is 0 Å². The highest BCUT2D eigenvalue weighted by Crippen LogP contribution is 2.14. The molecule has 1 aliphatic rings. The minimum Gasteiger partial charge on any atom is -0.354 e. The maximum absolute atomic E-state index is 13.5. The van der Waals surface area contributed by atoms with Crippen LogP contribution in [0.25, 0.3) is 0 Å². The lowest BCUT2D eigenvalue weighted by Gasteiger charge is -2.33. The number of piperazine rings is 1. The molecule has 1 aliphatic heterocycles. The van der Waals surface area contributed by atoms with E-state index in [2.05, 4.69) is 15.5 Å². The molecule has 1 fully saturated rings. The van der Waals surface area contributed by atoms with Gasteiger partial charge in [0.15, 0.2) is 11.7 Å². The van der Waals surface area contributed by atoms with Gasteiger partial charge >= 0.3 is 0 Å². The van der Waals surface area contributed by atoms with Crippen LogP contribution in [0.4, 0.5) is 10.1 Å². The first-order valence-corrected chi connectivity index (χ1v) is 7.76. The first-order chi connectivity index (χ1) is 10.5. The van der Waals surface area contributed by atoms with E-state index in [1.165, 1.54) is 11.0 Å². The summed E-state index contributed by atoms with van der Waals surface area (Å²) in [6.45, 7) is 5.51. The van der Waals surface area contributed by atoms with E-state index in [1.807, 2.05) is 6.07 Å². The van der Waals surface area contributed by atoms with Crippen LogP contribution in [-0.4, -0.2) is 55.7 Å². The number of nitrogens with one attached hydrogen (secondary N) is 3. The zero-order valence-corrected chi connectivity index (χ0v) is 13.7. The second kappa shape index (κ2) is 7.51. The van der Waals surface area contributed by atoms with Crippen LogP contribution in [-0.2, 0) is 4.79 Å². The van der Waals surface area contributed by atoms with E-state index in [0.29, 0.717) is 22.9 Å². The van der Waals surface area contributed by atoms with E-state index in [0.717, 1.165) is 26.2 Å². The highest BCUT2D eigenvalue weighted by Gasteiger charge is 2.23. The summed E-state index contributed by atoms with van der Waals surface area (Å²) in [6, 6.07) is 5.00. The van der Waals surface area contributed by atoms with E-state index in [9.17, 15) is 9.18 Å². The Morgan fingerprint density at radius 1 is 1.41 bits per heavy atom. The van der Waals surface area contributed by atoms with E-state index >= 15 is 0 Å². The molecule has 1 heterocycles. The maximum Gasteiger partial charge on any atom is 0.274 e. The predicted octanol–water partition coefficient (Wildman–Crippen LogP) is -0.223. The van der Waals surface area contributed by atoms with Crippen LogP contribution in [0.3, 0.4) is 0 Å². The number of thiocarbonyl (C=S) groups is 1. The van der Waals surface area contributed by atoms with Crippen molar-refractivity contribution in [3.63, 3.8) is 0 Å². The fraction of sp³-hybridized carbons (Fsp3) is 0.467. The third kappa shape index (κ3) is 4.38. The predicted molar refractivity (Wildman–Crippen MR) is 88.6 cm³/mol. The number of carbonyl (C=O) groups excluding carboxylic acids is 1. The Labute approximate surface area is 135 Å². The molecule has 22 heavy (non-hydrogen) atoms. The minimum absolute atomic E-state index is 0.0549. The number of benzene rings is 1. The molecule has 0 atom stereocenters. The Bertz CT molecular complexity index is 558. The van der Waals surface area contributed by atoms with Crippen molar-refractivity contribution in [2.75, 3.05) is 45.1 Å². The lowest BCUT2D eigenvalue weighted by molar-refractivity contribution is -0.895. The topological polar surface area (TPSA) is 48.8 Å². The molecule has 120 valence electrons. The number of nitrogens with zero attached hydrogens (tertiary/aromatic N) is 1. The van der Waals surface area contributed by atoms with E-state index in [-0.39, 0.29) is 11.7 Å². The summed E-state index contributed by atoms with van der Waals surface area (Å²) in [7, 11) is 1.65. The molecule has 0 spiro atoms. The number of rotatable bonds is 3. The molecule has 0 unspecified atom stereocenters. The summed E-state index contributed by atoms with van der Waals surface area (Å²) in [5.74, 6) is -0.188. The number of halogens is 1. The fourth-order valence-electron chi connectivity index (χ4n) is 2.39. The Morgan fingerprint density at radius 2 is 2.09 bits per heavy atom. The first kappa shape index (κ1) is 16.6. The van der Waals surface area contributed by atoms with Crippen LogP contribution < -0.4 is 15.5 Å². The van der Waals surface area contributed by atoms with Gasteiger partial charge < -0.3 is 20.4 Å². The summed E-state index contributed by atoms with van der Waals surface area (Å²) in [6.07, 6.45) is 0. The van der Waals surface area contributed by atoms with Crippen LogP contribution in [0.15, 0.2) is 18.2 Å². The molecule has 1 aromatic carbocycles. The zero-order valence-electron chi connectivity index (χ0n) is 12.9. The Hall–Kier alpha value is -1.73. The molecule has 0 radical (unpaired) electrons. The monoisotopic (exact) mass is 325 g/mol. The number of carbonyl (C=O) groups is 1. The lowest BCUT2D eigenvalue weighted by atomic mass is 10.2. The summed E-state index contributed by atoms with van der Waals surface area (Å²) in [5, 5.41) is 6.32. The second-order valence-electron chi connectivity index (χ2n) is 5.48. The molecule has 1 aromatic rings. The molecule has 0 aromatic heterocycles. The van der Waals surface area contributed by atoms with Gasteiger partial charge in [-0.1, -0.05) is 6.07 Å². The van der Waals surface area contributed by atoms with Gasteiger partial charge in [0.25, 0.3) is 5.91 Å². The van der Waals surface area contributed by atoms with Gasteiger partial charge in [-0.05, 0) is 36.8 Å². The van der Waals surface area contributed by atoms with Crippen molar-refractivity contribution >= 4 is 28.9 Å². The third-order valence-corrected chi connectivity index (χ3v) is 4.23. The van der Waals surface area contributed by atoms with Crippen molar-refractivity contribution in [3.8, 4) is 0 Å². The van der Waals surface area contributed by atoms with Gasteiger partial charge in [0.2, 0.25) is 0 Å². The largest absolute Gasteiger partial charge is 0.354 e. The van der Waals surface area contributed by atoms with Gasteiger partial charge in [0.05, 0.1) is 26.2 Å². The Balaban J connectivity index is 1.84. The number of aryl methyl sites for hydroxylation is 1. The van der Waals surface area contributed by atoms with E-state index in [1.54, 1.807) is 20.0 Å². The van der Waals surface area contributed by atoms with Gasteiger partial charge in [-0.2, -0.15) is 0 Å². The number of hydrogen-bond acceptors (Lipinski definition) is 2. The highest BCUT2D eigenvalue weighted by atomic mass is 32.1. The van der Waals surface area contributed by atoms with Crippen molar-refractivity contribution in [1.29, 1.82) is 0 Å². The van der Waals surface area contributed by atoms with E-state index < -0.39 is 0 Å². The molecule has 0 aliphatic carbocycles. The quantitative estimate of drug-likeness (QED) is 0.673. The molecule has 0 bridgehead atoms. The fourth-order valence-corrected chi connectivity index (χ4v) is 2.69. The molecular weight excluding hydrogens is 303 g/mol. The third-order valence-electron chi connectivity index (χ3n) is 3.87. The second-order valence-corrected chi connectivity index (χ2v) is 5.87. The average Bonchev–Trinajstić information content (AvgIpc) is 2.51. The molecular formula is C15H22FN4OS+. The van der Waals surface area contributed by atoms with Crippen molar-refractivity contribution in [2.45, 2.75) is 6.92 Å². The summed E-state index contributed by atoms with van der Waals surface area (Å²) < 4.78 is 13.5. The Morgan fingerprint density at radius 3 is 2.68 bits per heavy atom. The van der Waals surface area contributed by atoms with Crippen LogP contribution >= 0.6 is 12.2 Å². The maximum atomic E-state index is 13.5. The van der Waals surface area contributed by atoms with Crippen molar-refractivity contribution < 1.29 is 14.1 Å². The Kier molecular flexibility index (Phi) is 5.68. The molecule has 0 saturated carbocycles. The summed E-state index contributed by atoms with van der Waals surface area (Å²) in [4.78, 5) is 14.7. The molecule has 7 heteroatoms. The molecule has 5 nitrogen and oxygen atoms in total. The minimum atomic E-state index is -0.243.